The lowest BCUT2D eigenvalue weighted by atomic mass is 10.1. The molecule has 3 aromatic carbocycles. The SMILES string of the molecule is COc1cccc([C@@H](CN2CCN(S(=O)(=O)c3ccc(C(F)(F)F)cc3)CC2)OCc2cccc(Cl)c2)c1. The van der Waals surface area contributed by atoms with Gasteiger partial charge in [0.1, 0.15) is 5.75 Å². The van der Waals surface area contributed by atoms with Crippen LogP contribution in [-0.4, -0.2) is 57.5 Å². The average molecular weight is 569 g/mol. The van der Waals surface area contributed by atoms with E-state index in [1.54, 1.807) is 13.2 Å². The second-order valence-corrected chi connectivity index (χ2v) is 11.3. The van der Waals surface area contributed by atoms with E-state index in [0.717, 1.165) is 35.4 Å². The van der Waals surface area contributed by atoms with Crippen molar-refractivity contribution in [1.82, 2.24) is 9.21 Å². The maximum absolute atomic E-state index is 13.0. The van der Waals surface area contributed by atoms with Crippen molar-refractivity contribution in [2.24, 2.45) is 0 Å². The standard InChI is InChI=1S/C27H28ClF3N2O4S/c1-36-24-7-3-5-21(17-24)26(37-19-20-4-2-6-23(28)16-20)18-32-12-14-33(15-13-32)38(34,35)25-10-8-22(9-11-25)27(29,30)31/h2-11,16-17,26H,12-15,18-19H2,1H3/t26-/m1/s1. The van der Waals surface area contributed by atoms with E-state index in [4.69, 9.17) is 21.1 Å². The minimum Gasteiger partial charge on any atom is -0.497 e. The molecule has 0 aliphatic carbocycles. The summed E-state index contributed by atoms with van der Waals surface area (Å²) < 4.78 is 77.6. The number of rotatable bonds is 9. The van der Waals surface area contributed by atoms with Crippen LogP contribution in [0, 0.1) is 0 Å². The van der Waals surface area contributed by atoms with Crippen molar-refractivity contribution < 1.29 is 31.1 Å². The molecule has 1 atom stereocenters. The zero-order valence-corrected chi connectivity index (χ0v) is 22.3. The molecule has 0 aromatic heterocycles. The molecular formula is C27H28ClF3N2O4S. The van der Waals surface area contributed by atoms with E-state index in [0.29, 0.717) is 37.0 Å². The molecule has 1 aliphatic heterocycles. The van der Waals surface area contributed by atoms with Crippen molar-refractivity contribution in [2.75, 3.05) is 39.8 Å². The molecule has 0 spiro atoms. The fraction of sp³-hybridized carbons (Fsp3) is 0.333. The van der Waals surface area contributed by atoms with Gasteiger partial charge in [0.05, 0.1) is 30.3 Å². The number of hydrogen-bond acceptors (Lipinski definition) is 5. The molecule has 11 heteroatoms. The predicted octanol–water partition coefficient (Wildman–Crippen LogP) is 5.63. The highest BCUT2D eigenvalue weighted by Gasteiger charge is 2.33. The molecule has 1 heterocycles. The lowest BCUT2D eigenvalue weighted by molar-refractivity contribution is -0.137. The monoisotopic (exact) mass is 568 g/mol. The highest BCUT2D eigenvalue weighted by molar-refractivity contribution is 7.89. The lowest BCUT2D eigenvalue weighted by Crippen LogP contribution is -2.49. The molecule has 0 amide bonds. The van der Waals surface area contributed by atoms with Crippen molar-refractivity contribution in [3.8, 4) is 5.75 Å². The summed E-state index contributed by atoms with van der Waals surface area (Å²) in [6.07, 6.45) is -4.84. The van der Waals surface area contributed by atoms with Crippen LogP contribution in [0.4, 0.5) is 13.2 Å². The number of alkyl halides is 3. The Bertz CT molecular complexity index is 1330. The summed E-state index contributed by atoms with van der Waals surface area (Å²) in [6.45, 7) is 2.17. The third-order valence-corrected chi connectivity index (χ3v) is 8.53. The highest BCUT2D eigenvalue weighted by atomic mass is 35.5. The van der Waals surface area contributed by atoms with E-state index in [1.165, 1.54) is 4.31 Å². The van der Waals surface area contributed by atoms with Gasteiger partial charge in [-0.15, -0.1) is 0 Å². The second kappa shape index (κ2) is 12.0. The number of nitrogens with zero attached hydrogens (tertiary/aromatic N) is 2. The minimum absolute atomic E-state index is 0.155. The van der Waals surface area contributed by atoms with E-state index in [1.807, 2.05) is 42.5 Å². The van der Waals surface area contributed by atoms with Crippen molar-refractivity contribution in [3.63, 3.8) is 0 Å². The van der Waals surface area contributed by atoms with Gasteiger partial charge in [-0.2, -0.15) is 17.5 Å². The summed E-state index contributed by atoms with van der Waals surface area (Å²) in [7, 11) is -2.31. The topological polar surface area (TPSA) is 59.1 Å². The molecule has 1 fully saturated rings. The first-order chi connectivity index (χ1) is 18.1. The second-order valence-electron chi connectivity index (χ2n) is 8.93. The molecule has 0 unspecified atom stereocenters. The number of benzene rings is 3. The molecule has 204 valence electrons. The molecule has 6 nitrogen and oxygen atoms in total. The van der Waals surface area contributed by atoms with E-state index >= 15 is 0 Å². The number of piperazine rings is 1. The van der Waals surface area contributed by atoms with Gasteiger partial charge in [0.25, 0.3) is 0 Å². The van der Waals surface area contributed by atoms with Gasteiger partial charge in [-0.05, 0) is 59.7 Å². The Labute approximate surface area is 225 Å². The zero-order valence-electron chi connectivity index (χ0n) is 20.7. The summed E-state index contributed by atoms with van der Waals surface area (Å²) in [4.78, 5) is 1.96. The average Bonchev–Trinajstić information content (AvgIpc) is 2.91. The number of methoxy groups -OCH3 is 1. The first-order valence-corrected chi connectivity index (χ1v) is 13.8. The van der Waals surface area contributed by atoms with Crippen LogP contribution < -0.4 is 4.74 Å². The van der Waals surface area contributed by atoms with Crippen LogP contribution >= 0.6 is 11.6 Å². The third-order valence-electron chi connectivity index (χ3n) is 6.38. The van der Waals surface area contributed by atoms with Gasteiger partial charge in [-0.3, -0.25) is 4.90 Å². The van der Waals surface area contributed by atoms with Crippen LogP contribution in [-0.2, 0) is 27.5 Å². The number of sulfonamides is 1. The molecule has 1 saturated heterocycles. The molecule has 1 aliphatic rings. The van der Waals surface area contributed by atoms with Gasteiger partial charge >= 0.3 is 6.18 Å². The van der Waals surface area contributed by atoms with Crippen molar-refractivity contribution >= 4 is 21.6 Å². The minimum atomic E-state index is -4.53. The summed E-state index contributed by atoms with van der Waals surface area (Å²) in [6, 6.07) is 18.6. The van der Waals surface area contributed by atoms with Gasteiger partial charge in [0.15, 0.2) is 0 Å². The summed E-state index contributed by atoms with van der Waals surface area (Å²) in [5.74, 6) is 0.700. The van der Waals surface area contributed by atoms with Crippen LogP contribution in [0.5, 0.6) is 5.75 Å². The van der Waals surface area contributed by atoms with E-state index in [-0.39, 0.29) is 24.1 Å². The molecule has 0 bridgehead atoms. The molecule has 0 radical (unpaired) electrons. The van der Waals surface area contributed by atoms with Gasteiger partial charge < -0.3 is 9.47 Å². The Morgan fingerprint density at radius 1 is 0.947 bits per heavy atom. The van der Waals surface area contributed by atoms with Crippen molar-refractivity contribution in [1.29, 1.82) is 0 Å². The van der Waals surface area contributed by atoms with Crippen molar-refractivity contribution in [2.45, 2.75) is 23.8 Å². The maximum atomic E-state index is 13.0. The molecule has 3 aromatic rings. The first kappa shape index (κ1) is 28.4. The quantitative estimate of drug-likeness (QED) is 0.335. The van der Waals surface area contributed by atoms with Gasteiger partial charge in [-0.1, -0.05) is 35.9 Å². The van der Waals surface area contributed by atoms with Crippen LogP contribution in [0.2, 0.25) is 5.02 Å². The van der Waals surface area contributed by atoms with Crippen LogP contribution in [0.25, 0.3) is 0 Å². The smallest absolute Gasteiger partial charge is 0.416 e. The van der Waals surface area contributed by atoms with E-state index in [9.17, 15) is 21.6 Å². The van der Waals surface area contributed by atoms with Crippen LogP contribution in [0.3, 0.4) is 0 Å². The molecule has 0 saturated carbocycles. The van der Waals surface area contributed by atoms with Gasteiger partial charge in [-0.25, -0.2) is 8.42 Å². The first-order valence-electron chi connectivity index (χ1n) is 12.0. The summed E-state index contributed by atoms with van der Waals surface area (Å²) in [5, 5.41) is 0.620. The van der Waals surface area contributed by atoms with Gasteiger partial charge in [0, 0.05) is 37.7 Å². The molecule has 38 heavy (non-hydrogen) atoms. The van der Waals surface area contributed by atoms with Gasteiger partial charge in [0.2, 0.25) is 10.0 Å². The Hall–Kier alpha value is -2.63. The van der Waals surface area contributed by atoms with E-state index in [2.05, 4.69) is 4.90 Å². The summed E-state index contributed by atoms with van der Waals surface area (Å²) in [5.41, 5.74) is 0.965. The van der Waals surface area contributed by atoms with Crippen LogP contribution in [0.15, 0.2) is 77.7 Å². The third kappa shape index (κ3) is 7.06. The largest absolute Gasteiger partial charge is 0.497 e. The molecular weight excluding hydrogens is 541 g/mol. The Balaban J connectivity index is 1.43. The Kier molecular flexibility index (Phi) is 9.00. The molecule has 0 N–H and O–H groups in total. The maximum Gasteiger partial charge on any atom is 0.416 e. The van der Waals surface area contributed by atoms with Crippen LogP contribution in [0.1, 0.15) is 22.8 Å². The number of halogens is 4. The normalized spacial score (nSPS) is 16.3. The lowest BCUT2D eigenvalue weighted by Gasteiger charge is -2.36. The molecule has 4 rings (SSSR count). The number of ether oxygens (including phenoxy) is 2. The number of hydrogen-bond donors (Lipinski definition) is 0. The van der Waals surface area contributed by atoms with E-state index < -0.39 is 21.8 Å². The zero-order chi connectivity index (χ0) is 27.3. The Morgan fingerprint density at radius 2 is 1.63 bits per heavy atom. The van der Waals surface area contributed by atoms with Crippen molar-refractivity contribution in [3.05, 3.63) is 94.5 Å². The predicted molar refractivity (Wildman–Crippen MR) is 139 cm³/mol. The Morgan fingerprint density at radius 3 is 2.26 bits per heavy atom. The summed E-state index contributed by atoms with van der Waals surface area (Å²) >= 11 is 6.11. The fourth-order valence-corrected chi connectivity index (χ4v) is 5.91. The fourth-order valence-electron chi connectivity index (χ4n) is 4.27. The highest BCUT2D eigenvalue weighted by Crippen LogP contribution is 2.31.